The van der Waals surface area contributed by atoms with Gasteiger partial charge in [-0.15, -0.1) is 0 Å². The fraction of sp³-hybridized carbons (Fsp3) is 0.310. The molecule has 0 fully saturated rings. The Labute approximate surface area is 230 Å². The third-order valence-corrected chi connectivity index (χ3v) is 8.54. The summed E-state index contributed by atoms with van der Waals surface area (Å²) in [5.41, 5.74) is 2.17. The second-order valence-electron chi connectivity index (χ2n) is 9.24. The van der Waals surface area contributed by atoms with Crippen LogP contribution in [-0.2, 0) is 26.2 Å². The third-order valence-electron chi connectivity index (χ3n) is 6.49. The summed E-state index contributed by atoms with van der Waals surface area (Å²) in [7, 11) is -4.12. The van der Waals surface area contributed by atoms with Gasteiger partial charge in [-0.2, -0.15) is 0 Å². The number of amides is 2. The molecule has 3 aromatic rings. The molecule has 0 aliphatic carbocycles. The number of carbonyl (C=O) groups excluding carboxylic acids is 2. The van der Waals surface area contributed by atoms with Crippen LogP contribution in [0.1, 0.15) is 38.3 Å². The zero-order chi connectivity index (χ0) is 27.9. The molecule has 3 aromatic carbocycles. The van der Waals surface area contributed by atoms with Gasteiger partial charge >= 0.3 is 0 Å². The number of carbonyl (C=O) groups is 2. The van der Waals surface area contributed by atoms with Gasteiger partial charge in [-0.3, -0.25) is 13.9 Å². The van der Waals surface area contributed by atoms with Crippen LogP contribution in [-0.4, -0.2) is 43.8 Å². The maximum atomic E-state index is 13.9. The Balaban J connectivity index is 2.01. The number of para-hydroxylation sites is 1. The Morgan fingerprint density at radius 2 is 1.53 bits per heavy atom. The SMILES string of the molecule is CC[C@H](C)NC(=O)[C@@H](C)N(Cc1ccccc1C)C(=O)CN(c1ccccc1)S(=O)(=O)c1ccc(Cl)cc1. The van der Waals surface area contributed by atoms with E-state index in [2.05, 4.69) is 5.32 Å². The molecule has 1 N–H and O–H groups in total. The van der Waals surface area contributed by atoms with Crippen molar-refractivity contribution in [3.8, 4) is 0 Å². The Kier molecular flexibility index (Phi) is 9.94. The molecule has 3 rings (SSSR count). The summed E-state index contributed by atoms with van der Waals surface area (Å²) in [6.07, 6.45) is 0.741. The molecule has 38 heavy (non-hydrogen) atoms. The van der Waals surface area contributed by atoms with E-state index in [4.69, 9.17) is 11.6 Å². The number of rotatable bonds is 11. The molecule has 7 nitrogen and oxygen atoms in total. The predicted molar refractivity (Wildman–Crippen MR) is 152 cm³/mol. The molecule has 0 saturated heterocycles. The summed E-state index contributed by atoms with van der Waals surface area (Å²) in [5.74, 6) is -0.797. The highest BCUT2D eigenvalue weighted by Gasteiger charge is 2.32. The Morgan fingerprint density at radius 3 is 2.13 bits per heavy atom. The van der Waals surface area contributed by atoms with Gasteiger partial charge in [0, 0.05) is 17.6 Å². The molecule has 202 valence electrons. The fourth-order valence-corrected chi connectivity index (χ4v) is 5.42. The Morgan fingerprint density at radius 1 is 0.921 bits per heavy atom. The average molecular weight is 556 g/mol. The van der Waals surface area contributed by atoms with Crippen LogP contribution >= 0.6 is 11.6 Å². The molecule has 0 radical (unpaired) electrons. The summed E-state index contributed by atoms with van der Waals surface area (Å²) in [6, 6.07) is 21.0. The smallest absolute Gasteiger partial charge is 0.264 e. The van der Waals surface area contributed by atoms with Gasteiger partial charge in [0.1, 0.15) is 12.6 Å². The Hall–Kier alpha value is -3.36. The number of benzene rings is 3. The van der Waals surface area contributed by atoms with Gasteiger partial charge < -0.3 is 10.2 Å². The van der Waals surface area contributed by atoms with Crippen LogP contribution in [0, 0.1) is 6.92 Å². The van der Waals surface area contributed by atoms with Crippen LogP contribution < -0.4 is 9.62 Å². The fourth-order valence-electron chi connectivity index (χ4n) is 3.88. The first kappa shape index (κ1) is 29.2. The molecule has 0 aliphatic rings. The van der Waals surface area contributed by atoms with E-state index in [1.165, 1.54) is 29.2 Å². The lowest BCUT2D eigenvalue weighted by atomic mass is 10.1. The van der Waals surface area contributed by atoms with Gasteiger partial charge in [0.25, 0.3) is 10.0 Å². The van der Waals surface area contributed by atoms with Gasteiger partial charge in [-0.05, 0) is 74.7 Å². The summed E-state index contributed by atoms with van der Waals surface area (Å²) in [5, 5.41) is 3.33. The van der Waals surface area contributed by atoms with Gasteiger partial charge in [-0.25, -0.2) is 8.42 Å². The molecule has 9 heteroatoms. The van der Waals surface area contributed by atoms with Crippen molar-refractivity contribution in [3.63, 3.8) is 0 Å². The quantitative estimate of drug-likeness (QED) is 0.353. The lowest BCUT2D eigenvalue weighted by Crippen LogP contribution is -2.52. The number of sulfonamides is 1. The van der Waals surface area contributed by atoms with Crippen LogP contribution in [0.25, 0.3) is 0 Å². The van der Waals surface area contributed by atoms with Crippen molar-refractivity contribution >= 4 is 39.1 Å². The first-order valence-electron chi connectivity index (χ1n) is 12.5. The zero-order valence-electron chi connectivity index (χ0n) is 22.1. The van der Waals surface area contributed by atoms with Crippen molar-refractivity contribution < 1.29 is 18.0 Å². The van der Waals surface area contributed by atoms with Crippen LogP contribution in [0.2, 0.25) is 5.02 Å². The van der Waals surface area contributed by atoms with Crippen molar-refractivity contribution in [2.45, 2.75) is 57.6 Å². The van der Waals surface area contributed by atoms with Crippen molar-refractivity contribution in [1.82, 2.24) is 10.2 Å². The summed E-state index contributed by atoms with van der Waals surface area (Å²) >= 11 is 5.98. The largest absolute Gasteiger partial charge is 0.352 e. The van der Waals surface area contributed by atoms with Crippen molar-refractivity contribution in [2.24, 2.45) is 0 Å². The normalized spacial score (nSPS) is 12.9. The first-order valence-corrected chi connectivity index (χ1v) is 14.3. The van der Waals surface area contributed by atoms with E-state index in [9.17, 15) is 18.0 Å². The van der Waals surface area contributed by atoms with Crippen LogP contribution in [0.3, 0.4) is 0 Å². The first-order chi connectivity index (χ1) is 18.0. The van der Waals surface area contributed by atoms with Crippen molar-refractivity contribution in [2.75, 3.05) is 10.8 Å². The number of anilines is 1. The number of hydrogen-bond acceptors (Lipinski definition) is 4. The molecule has 0 bridgehead atoms. The molecule has 0 saturated carbocycles. The molecule has 0 aliphatic heterocycles. The number of nitrogens with one attached hydrogen (secondary N) is 1. The van der Waals surface area contributed by atoms with E-state index in [0.29, 0.717) is 10.7 Å². The third kappa shape index (κ3) is 7.14. The van der Waals surface area contributed by atoms with E-state index in [0.717, 1.165) is 21.9 Å². The molecule has 0 unspecified atom stereocenters. The average Bonchev–Trinajstić information content (AvgIpc) is 2.91. The maximum absolute atomic E-state index is 13.9. The van der Waals surface area contributed by atoms with E-state index in [1.54, 1.807) is 37.3 Å². The predicted octanol–water partition coefficient (Wildman–Crippen LogP) is 5.18. The van der Waals surface area contributed by atoms with Gasteiger partial charge in [0.15, 0.2) is 0 Å². The molecular formula is C29H34ClN3O4S. The molecule has 2 atom stereocenters. The topological polar surface area (TPSA) is 86.8 Å². The number of nitrogens with zero attached hydrogens (tertiary/aromatic N) is 2. The lowest BCUT2D eigenvalue weighted by molar-refractivity contribution is -0.139. The highest BCUT2D eigenvalue weighted by atomic mass is 35.5. The van der Waals surface area contributed by atoms with E-state index >= 15 is 0 Å². The number of aryl methyl sites for hydroxylation is 1. The molecule has 0 aromatic heterocycles. The van der Waals surface area contributed by atoms with E-state index in [-0.39, 0.29) is 23.4 Å². The van der Waals surface area contributed by atoms with Crippen molar-refractivity contribution in [1.29, 1.82) is 0 Å². The van der Waals surface area contributed by atoms with E-state index < -0.39 is 28.5 Å². The second-order valence-corrected chi connectivity index (χ2v) is 11.5. The highest BCUT2D eigenvalue weighted by Crippen LogP contribution is 2.25. The maximum Gasteiger partial charge on any atom is 0.264 e. The highest BCUT2D eigenvalue weighted by molar-refractivity contribution is 7.92. The minimum absolute atomic E-state index is 0.00608. The monoisotopic (exact) mass is 555 g/mol. The minimum Gasteiger partial charge on any atom is -0.352 e. The van der Waals surface area contributed by atoms with E-state index in [1.807, 2.05) is 45.0 Å². The van der Waals surface area contributed by atoms with Crippen LogP contribution in [0.5, 0.6) is 0 Å². The number of hydrogen-bond donors (Lipinski definition) is 1. The molecule has 2 amide bonds. The number of halogens is 1. The summed E-state index contributed by atoms with van der Waals surface area (Å²) in [4.78, 5) is 28.4. The Bertz CT molecular complexity index is 1350. The molecular weight excluding hydrogens is 522 g/mol. The summed E-state index contributed by atoms with van der Waals surface area (Å²) < 4.78 is 28.5. The molecule has 0 heterocycles. The summed E-state index contributed by atoms with van der Waals surface area (Å²) in [6.45, 7) is 7.13. The van der Waals surface area contributed by atoms with Crippen LogP contribution in [0.4, 0.5) is 5.69 Å². The zero-order valence-corrected chi connectivity index (χ0v) is 23.7. The van der Waals surface area contributed by atoms with Crippen molar-refractivity contribution in [3.05, 3.63) is 95.0 Å². The standard InChI is InChI=1S/C29H34ClN3O4S/c1-5-22(3)31-29(35)23(4)32(19-24-12-10-9-11-21(24)2)28(34)20-33(26-13-7-6-8-14-26)38(36,37)27-17-15-25(30)16-18-27/h6-18,22-23H,5,19-20H2,1-4H3,(H,31,35)/t22-,23+/m0/s1. The van der Waals surface area contributed by atoms with Crippen LogP contribution in [0.15, 0.2) is 83.8 Å². The molecule has 0 spiro atoms. The lowest BCUT2D eigenvalue weighted by Gasteiger charge is -2.32. The minimum atomic E-state index is -4.12. The van der Waals surface area contributed by atoms with Gasteiger partial charge in [0.2, 0.25) is 11.8 Å². The second kappa shape index (κ2) is 12.9. The van der Waals surface area contributed by atoms with Gasteiger partial charge in [-0.1, -0.05) is 61.0 Å². The van der Waals surface area contributed by atoms with Gasteiger partial charge in [0.05, 0.1) is 10.6 Å².